The third-order valence-corrected chi connectivity index (χ3v) is 5.99. The first-order valence-corrected chi connectivity index (χ1v) is 10.5. The van der Waals surface area contributed by atoms with Gasteiger partial charge in [0.1, 0.15) is 10.8 Å². The average molecular weight is 395 g/mol. The van der Waals surface area contributed by atoms with E-state index in [-0.39, 0.29) is 0 Å². The molecule has 0 radical (unpaired) electrons. The van der Waals surface area contributed by atoms with Crippen molar-refractivity contribution in [2.24, 2.45) is 0 Å². The molecule has 1 fully saturated rings. The number of hydrogen-bond donors (Lipinski definition) is 1. The zero-order valence-corrected chi connectivity index (χ0v) is 16.4. The molecule has 0 aliphatic carbocycles. The van der Waals surface area contributed by atoms with Crippen molar-refractivity contribution in [2.75, 3.05) is 24.8 Å². The van der Waals surface area contributed by atoms with Gasteiger partial charge in [-0.25, -0.2) is 9.97 Å². The second-order valence-electron chi connectivity index (χ2n) is 7.03. The molecule has 2 aliphatic rings. The maximum atomic E-state index is 5.46. The lowest BCUT2D eigenvalue weighted by atomic mass is 10.2. The summed E-state index contributed by atoms with van der Waals surface area (Å²) in [6, 6.07) is 10.2. The van der Waals surface area contributed by atoms with Crippen LogP contribution in [0.15, 0.2) is 41.9 Å². The van der Waals surface area contributed by atoms with Crippen LogP contribution >= 0.6 is 11.3 Å². The van der Waals surface area contributed by atoms with Gasteiger partial charge in [0.25, 0.3) is 0 Å². The smallest absolute Gasteiger partial charge is 0.231 e. The van der Waals surface area contributed by atoms with Crippen molar-refractivity contribution < 1.29 is 9.47 Å². The molecule has 0 atom stereocenters. The molecular formula is C21H22N4O2S. The Morgan fingerprint density at radius 2 is 1.93 bits per heavy atom. The fourth-order valence-electron chi connectivity index (χ4n) is 3.54. The number of ether oxygens (including phenoxy) is 2. The summed E-state index contributed by atoms with van der Waals surface area (Å²) < 4.78 is 10.8. The number of nitrogens with one attached hydrogen (secondary N) is 1. The van der Waals surface area contributed by atoms with E-state index < -0.39 is 0 Å². The summed E-state index contributed by atoms with van der Waals surface area (Å²) in [5.41, 5.74) is 3.29. The Hall–Kier alpha value is -2.64. The maximum absolute atomic E-state index is 5.46. The Morgan fingerprint density at radius 3 is 2.79 bits per heavy atom. The molecule has 0 bridgehead atoms. The summed E-state index contributed by atoms with van der Waals surface area (Å²) in [5.74, 6) is 2.68. The van der Waals surface area contributed by atoms with Crippen molar-refractivity contribution in [2.45, 2.75) is 25.9 Å². The van der Waals surface area contributed by atoms with Crippen molar-refractivity contribution >= 4 is 17.2 Å². The number of benzene rings is 1. The number of nitrogens with zero attached hydrogens (tertiary/aromatic N) is 3. The fourth-order valence-corrected chi connectivity index (χ4v) is 4.36. The van der Waals surface area contributed by atoms with Crippen molar-refractivity contribution in [1.82, 2.24) is 15.3 Å². The molecule has 7 heteroatoms. The monoisotopic (exact) mass is 394 g/mol. The van der Waals surface area contributed by atoms with Crippen LogP contribution in [-0.4, -0.2) is 29.9 Å². The van der Waals surface area contributed by atoms with Crippen molar-refractivity contribution in [3.63, 3.8) is 0 Å². The Labute approximate surface area is 168 Å². The van der Waals surface area contributed by atoms with Gasteiger partial charge in [-0.15, -0.1) is 11.3 Å². The van der Waals surface area contributed by atoms with Gasteiger partial charge in [-0.05, 0) is 42.7 Å². The average Bonchev–Trinajstić information content (AvgIpc) is 3.49. The molecule has 0 unspecified atom stereocenters. The molecule has 2 aromatic heterocycles. The molecule has 1 aromatic carbocycles. The summed E-state index contributed by atoms with van der Waals surface area (Å²) in [7, 11) is 0. The van der Waals surface area contributed by atoms with Gasteiger partial charge in [0, 0.05) is 43.3 Å². The normalized spacial score (nSPS) is 15.4. The molecule has 1 N–H and O–H groups in total. The van der Waals surface area contributed by atoms with E-state index >= 15 is 0 Å². The predicted molar refractivity (Wildman–Crippen MR) is 110 cm³/mol. The Morgan fingerprint density at radius 1 is 1.04 bits per heavy atom. The summed E-state index contributed by atoms with van der Waals surface area (Å²) in [5, 5.41) is 6.55. The van der Waals surface area contributed by atoms with E-state index in [1.165, 1.54) is 18.4 Å². The first-order valence-electron chi connectivity index (χ1n) is 9.60. The molecule has 144 valence electrons. The minimum Gasteiger partial charge on any atom is -0.454 e. The second kappa shape index (κ2) is 7.77. The van der Waals surface area contributed by atoms with Crippen LogP contribution in [0.2, 0.25) is 0 Å². The molecule has 6 nitrogen and oxygen atoms in total. The lowest BCUT2D eigenvalue weighted by molar-refractivity contribution is 0.174. The molecule has 0 amide bonds. The summed E-state index contributed by atoms with van der Waals surface area (Å²) in [6.07, 6.45) is 4.51. The molecule has 4 heterocycles. The van der Waals surface area contributed by atoms with Gasteiger partial charge < -0.3 is 19.7 Å². The first kappa shape index (κ1) is 17.5. The van der Waals surface area contributed by atoms with Crippen LogP contribution in [0.4, 0.5) is 5.82 Å². The number of fused-ring (bicyclic) bond motifs is 1. The predicted octanol–water partition coefficient (Wildman–Crippen LogP) is 3.82. The quantitative estimate of drug-likeness (QED) is 0.686. The Balaban J connectivity index is 1.16. The molecule has 5 rings (SSSR count). The minimum absolute atomic E-state index is 0.291. The Kier molecular flexibility index (Phi) is 4.85. The van der Waals surface area contributed by atoms with Gasteiger partial charge >= 0.3 is 0 Å². The van der Waals surface area contributed by atoms with Gasteiger partial charge in [0.15, 0.2) is 11.5 Å². The van der Waals surface area contributed by atoms with Crippen LogP contribution in [0.3, 0.4) is 0 Å². The lowest BCUT2D eigenvalue weighted by Gasteiger charge is -2.16. The Bertz CT molecular complexity index is 951. The number of anilines is 1. The largest absolute Gasteiger partial charge is 0.454 e. The fraction of sp³-hybridized carbons (Fsp3) is 0.333. The molecule has 28 heavy (non-hydrogen) atoms. The van der Waals surface area contributed by atoms with E-state index in [1.807, 2.05) is 24.4 Å². The third-order valence-electron chi connectivity index (χ3n) is 5.05. The SMILES string of the molecule is c1cc(N2CCCC2)ncc1CNCc1csc(-c2ccc3c(c2)OCO3)n1. The number of aromatic nitrogens is 2. The second-order valence-corrected chi connectivity index (χ2v) is 7.89. The first-order chi connectivity index (χ1) is 13.8. The van der Waals surface area contributed by atoms with Crippen LogP contribution < -0.4 is 19.7 Å². The molecule has 3 aromatic rings. The van der Waals surface area contributed by atoms with Crippen molar-refractivity contribution in [1.29, 1.82) is 0 Å². The maximum Gasteiger partial charge on any atom is 0.231 e. The molecule has 2 aliphatic heterocycles. The summed E-state index contributed by atoms with van der Waals surface area (Å²) in [6.45, 7) is 4.05. The summed E-state index contributed by atoms with van der Waals surface area (Å²) >= 11 is 1.65. The lowest BCUT2D eigenvalue weighted by Crippen LogP contribution is -2.19. The van der Waals surface area contributed by atoms with Gasteiger partial charge in [-0.3, -0.25) is 0 Å². The van der Waals surface area contributed by atoms with Gasteiger partial charge in [-0.1, -0.05) is 6.07 Å². The van der Waals surface area contributed by atoms with E-state index in [0.29, 0.717) is 6.79 Å². The van der Waals surface area contributed by atoms with E-state index in [1.54, 1.807) is 11.3 Å². The highest BCUT2D eigenvalue weighted by atomic mass is 32.1. The summed E-state index contributed by atoms with van der Waals surface area (Å²) in [4.78, 5) is 11.7. The number of thiazole rings is 1. The van der Waals surface area contributed by atoms with Crippen LogP contribution in [0, 0.1) is 0 Å². The molecule has 0 saturated carbocycles. The highest BCUT2D eigenvalue weighted by Crippen LogP contribution is 2.36. The number of hydrogen-bond acceptors (Lipinski definition) is 7. The van der Waals surface area contributed by atoms with E-state index in [9.17, 15) is 0 Å². The van der Waals surface area contributed by atoms with Crippen LogP contribution in [-0.2, 0) is 13.1 Å². The van der Waals surface area contributed by atoms with Crippen molar-refractivity contribution in [3.8, 4) is 22.1 Å². The van der Waals surface area contributed by atoms with Crippen LogP contribution in [0.1, 0.15) is 24.1 Å². The van der Waals surface area contributed by atoms with Crippen LogP contribution in [0.25, 0.3) is 10.6 Å². The number of pyridine rings is 1. The topological polar surface area (TPSA) is 59.5 Å². The standard InChI is InChI=1S/C21H22N4O2S/c1-2-8-25(7-1)20-6-3-15(11-23-20)10-22-12-17-13-28-21(24-17)16-4-5-18-19(9-16)27-14-26-18/h3-6,9,11,13,22H,1-2,7-8,10,12,14H2. The van der Waals surface area contributed by atoms with Gasteiger partial charge in [0.2, 0.25) is 6.79 Å². The van der Waals surface area contributed by atoms with E-state index in [2.05, 4.69) is 32.7 Å². The number of rotatable bonds is 6. The van der Waals surface area contributed by atoms with Gasteiger partial charge in [-0.2, -0.15) is 0 Å². The molecule has 1 saturated heterocycles. The van der Waals surface area contributed by atoms with E-state index in [4.69, 9.17) is 14.5 Å². The molecule has 0 spiro atoms. The minimum atomic E-state index is 0.291. The highest BCUT2D eigenvalue weighted by molar-refractivity contribution is 7.13. The highest BCUT2D eigenvalue weighted by Gasteiger charge is 2.15. The van der Waals surface area contributed by atoms with Crippen LogP contribution in [0.5, 0.6) is 11.5 Å². The van der Waals surface area contributed by atoms with Gasteiger partial charge in [0.05, 0.1) is 5.69 Å². The zero-order chi connectivity index (χ0) is 18.8. The zero-order valence-electron chi connectivity index (χ0n) is 15.6. The molecular weight excluding hydrogens is 372 g/mol. The van der Waals surface area contributed by atoms with Crippen molar-refractivity contribution in [3.05, 3.63) is 53.2 Å². The third kappa shape index (κ3) is 3.68. The van der Waals surface area contributed by atoms with E-state index in [0.717, 1.165) is 59.8 Å².